The van der Waals surface area contributed by atoms with Crippen molar-refractivity contribution in [2.75, 3.05) is 13.1 Å². The van der Waals surface area contributed by atoms with Gasteiger partial charge in [-0.15, -0.1) is 0 Å². The fourth-order valence-electron chi connectivity index (χ4n) is 1.95. The molecule has 0 atom stereocenters. The first-order chi connectivity index (χ1) is 9.13. The fraction of sp³-hybridized carbons (Fsp3) is 0.562. The number of aryl methyl sites for hydroxylation is 1. The Hall–Kier alpha value is -1.35. The van der Waals surface area contributed by atoms with Gasteiger partial charge in [0.25, 0.3) is 0 Å². The summed E-state index contributed by atoms with van der Waals surface area (Å²) in [5.41, 5.74) is 2.62. The van der Waals surface area contributed by atoms with Crippen molar-refractivity contribution >= 4 is 5.91 Å². The molecule has 1 rings (SSSR count). The maximum Gasteiger partial charge on any atom is 0.233 e. The Labute approximate surface area is 116 Å². The van der Waals surface area contributed by atoms with E-state index < -0.39 is 0 Å². The van der Waals surface area contributed by atoms with E-state index >= 15 is 0 Å². The molecule has 1 aromatic carbocycles. The summed E-state index contributed by atoms with van der Waals surface area (Å²) in [5.74, 6) is 0.708. The molecule has 2 N–H and O–H groups in total. The number of carbonyl (C=O) groups is 1. The van der Waals surface area contributed by atoms with Gasteiger partial charge in [-0.25, -0.2) is 0 Å². The third-order valence-electron chi connectivity index (χ3n) is 3.14. The quantitative estimate of drug-likeness (QED) is 0.756. The fourth-order valence-corrected chi connectivity index (χ4v) is 1.95. The molecular weight excluding hydrogens is 236 g/mol. The minimum absolute atomic E-state index is 0.0784. The topological polar surface area (TPSA) is 41.1 Å². The normalized spacial score (nSPS) is 10.7. The summed E-state index contributed by atoms with van der Waals surface area (Å²) in [6.07, 6.45) is 2.06. The molecule has 0 aliphatic carbocycles. The molecule has 19 heavy (non-hydrogen) atoms. The highest BCUT2D eigenvalue weighted by Gasteiger charge is 2.03. The van der Waals surface area contributed by atoms with E-state index in [-0.39, 0.29) is 5.91 Å². The number of amides is 1. The third-order valence-corrected chi connectivity index (χ3v) is 3.14. The van der Waals surface area contributed by atoms with Gasteiger partial charge >= 0.3 is 0 Å². The molecule has 0 heterocycles. The first kappa shape index (κ1) is 15.7. The molecule has 0 fully saturated rings. The van der Waals surface area contributed by atoms with E-state index in [0.717, 1.165) is 25.9 Å². The van der Waals surface area contributed by atoms with Crippen LogP contribution in [-0.2, 0) is 17.8 Å². The number of nitrogens with one attached hydrogen (secondary N) is 2. The number of carbonyl (C=O) groups excluding carboxylic acids is 1. The Kier molecular flexibility index (Phi) is 7.19. The van der Waals surface area contributed by atoms with Crippen LogP contribution in [0.15, 0.2) is 24.3 Å². The monoisotopic (exact) mass is 262 g/mol. The maximum atomic E-state index is 11.6. The van der Waals surface area contributed by atoms with Crippen molar-refractivity contribution in [3.63, 3.8) is 0 Å². The van der Waals surface area contributed by atoms with Crippen molar-refractivity contribution in [2.24, 2.45) is 5.92 Å². The van der Waals surface area contributed by atoms with Crippen LogP contribution in [0.2, 0.25) is 0 Å². The van der Waals surface area contributed by atoms with Gasteiger partial charge in [0.2, 0.25) is 5.91 Å². The molecule has 0 unspecified atom stereocenters. The van der Waals surface area contributed by atoms with Crippen LogP contribution in [0.3, 0.4) is 0 Å². The molecule has 0 bridgehead atoms. The van der Waals surface area contributed by atoms with E-state index in [1.54, 1.807) is 0 Å². The molecule has 3 nitrogen and oxygen atoms in total. The molecule has 106 valence electrons. The van der Waals surface area contributed by atoms with Crippen LogP contribution in [0.1, 0.15) is 38.3 Å². The molecule has 1 amide bonds. The Morgan fingerprint density at radius 2 is 1.89 bits per heavy atom. The van der Waals surface area contributed by atoms with Gasteiger partial charge in [-0.1, -0.05) is 45.0 Å². The van der Waals surface area contributed by atoms with E-state index in [1.807, 2.05) is 6.07 Å². The lowest BCUT2D eigenvalue weighted by molar-refractivity contribution is -0.120. The van der Waals surface area contributed by atoms with Gasteiger partial charge in [0, 0.05) is 13.1 Å². The molecule has 0 saturated heterocycles. The van der Waals surface area contributed by atoms with Crippen LogP contribution in [0.25, 0.3) is 0 Å². The second-order valence-electron chi connectivity index (χ2n) is 5.26. The lowest BCUT2D eigenvalue weighted by atomic mass is 10.1. The van der Waals surface area contributed by atoms with Crippen molar-refractivity contribution in [3.05, 3.63) is 35.4 Å². The van der Waals surface area contributed by atoms with Gasteiger partial charge in [-0.05, 0) is 29.9 Å². The summed E-state index contributed by atoms with van der Waals surface area (Å²) >= 11 is 0. The number of hydrogen-bond donors (Lipinski definition) is 2. The van der Waals surface area contributed by atoms with Gasteiger partial charge in [0.05, 0.1) is 6.54 Å². The predicted octanol–water partition coefficient (Wildman–Crippen LogP) is 2.50. The number of hydrogen-bond acceptors (Lipinski definition) is 2. The Morgan fingerprint density at radius 1 is 1.21 bits per heavy atom. The molecule has 0 saturated carbocycles. The summed E-state index contributed by atoms with van der Waals surface area (Å²) < 4.78 is 0. The number of benzene rings is 1. The molecule has 0 aliphatic heterocycles. The second kappa shape index (κ2) is 8.70. The zero-order valence-corrected chi connectivity index (χ0v) is 12.3. The largest absolute Gasteiger partial charge is 0.355 e. The van der Waals surface area contributed by atoms with Gasteiger partial charge in [0.15, 0.2) is 0 Å². The summed E-state index contributed by atoms with van der Waals surface area (Å²) in [6, 6.07) is 8.35. The minimum atomic E-state index is 0.0784. The lowest BCUT2D eigenvalue weighted by Crippen LogP contribution is -2.34. The average Bonchev–Trinajstić information content (AvgIpc) is 2.39. The first-order valence-electron chi connectivity index (χ1n) is 7.17. The molecule has 3 heteroatoms. The van der Waals surface area contributed by atoms with Gasteiger partial charge < -0.3 is 10.6 Å². The molecule has 1 aromatic rings. The smallest absolute Gasteiger partial charge is 0.233 e. The van der Waals surface area contributed by atoms with Crippen molar-refractivity contribution in [1.29, 1.82) is 0 Å². The van der Waals surface area contributed by atoms with Crippen LogP contribution in [0, 0.1) is 5.92 Å². The van der Waals surface area contributed by atoms with E-state index in [2.05, 4.69) is 49.6 Å². The highest BCUT2D eigenvalue weighted by atomic mass is 16.1. The molecule has 0 aliphatic rings. The average molecular weight is 262 g/mol. The van der Waals surface area contributed by atoms with E-state index in [1.165, 1.54) is 11.1 Å². The van der Waals surface area contributed by atoms with Crippen molar-refractivity contribution < 1.29 is 4.79 Å². The van der Waals surface area contributed by atoms with Crippen molar-refractivity contribution in [3.8, 4) is 0 Å². The summed E-state index contributed by atoms with van der Waals surface area (Å²) in [7, 11) is 0. The van der Waals surface area contributed by atoms with Crippen LogP contribution in [0.5, 0.6) is 0 Å². The van der Waals surface area contributed by atoms with E-state index in [4.69, 9.17) is 0 Å². The van der Waals surface area contributed by atoms with E-state index in [9.17, 15) is 4.79 Å². The standard InChI is InChI=1S/C16H26N2O/c1-4-14-7-5-6-8-15(14)11-17-12-16(19)18-10-9-13(2)3/h5-8,13,17H,4,9-12H2,1-3H3,(H,18,19). The molecular formula is C16H26N2O. The molecule has 0 radical (unpaired) electrons. The zero-order chi connectivity index (χ0) is 14.1. The summed E-state index contributed by atoms with van der Waals surface area (Å²) in [5, 5.41) is 6.13. The van der Waals surface area contributed by atoms with Crippen LogP contribution < -0.4 is 10.6 Å². The predicted molar refractivity (Wildman–Crippen MR) is 80.0 cm³/mol. The molecule has 0 spiro atoms. The van der Waals surface area contributed by atoms with Crippen LogP contribution >= 0.6 is 0 Å². The SMILES string of the molecule is CCc1ccccc1CNCC(=O)NCCC(C)C. The third kappa shape index (κ3) is 6.39. The van der Waals surface area contributed by atoms with E-state index in [0.29, 0.717) is 12.5 Å². The van der Waals surface area contributed by atoms with Crippen molar-refractivity contribution in [2.45, 2.75) is 40.2 Å². The summed E-state index contributed by atoms with van der Waals surface area (Å²) in [6.45, 7) is 8.37. The molecule has 0 aromatic heterocycles. The van der Waals surface area contributed by atoms with Gasteiger partial charge in [0.1, 0.15) is 0 Å². The lowest BCUT2D eigenvalue weighted by Gasteiger charge is -2.10. The van der Waals surface area contributed by atoms with Crippen LogP contribution in [0.4, 0.5) is 0 Å². The van der Waals surface area contributed by atoms with Gasteiger partial charge in [-0.2, -0.15) is 0 Å². The first-order valence-corrected chi connectivity index (χ1v) is 7.17. The Balaban J connectivity index is 2.24. The van der Waals surface area contributed by atoms with Gasteiger partial charge in [-0.3, -0.25) is 4.79 Å². The minimum Gasteiger partial charge on any atom is -0.355 e. The Bertz CT molecular complexity index is 388. The second-order valence-corrected chi connectivity index (χ2v) is 5.26. The highest BCUT2D eigenvalue weighted by molar-refractivity contribution is 5.77. The van der Waals surface area contributed by atoms with Crippen molar-refractivity contribution in [1.82, 2.24) is 10.6 Å². The Morgan fingerprint density at radius 3 is 2.53 bits per heavy atom. The number of rotatable bonds is 8. The highest BCUT2D eigenvalue weighted by Crippen LogP contribution is 2.08. The zero-order valence-electron chi connectivity index (χ0n) is 12.3. The maximum absolute atomic E-state index is 11.6. The van der Waals surface area contributed by atoms with Crippen LogP contribution in [-0.4, -0.2) is 19.0 Å². The summed E-state index contributed by atoms with van der Waals surface area (Å²) in [4.78, 5) is 11.6.